The molecule has 5 N–H and O–H groups in total. The minimum Gasteiger partial charge on any atom is -0.481 e. The molecule has 0 aromatic rings. The van der Waals surface area contributed by atoms with Crippen LogP contribution in [0.15, 0.2) is 12.2 Å². The van der Waals surface area contributed by atoms with Crippen LogP contribution >= 0.6 is 0 Å². The normalized spacial score (nSPS) is 42.0. The molecule has 7 heteroatoms. The molecule has 7 nitrogen and oxygen atoms in total. The Hall–Kier alpha value is -1.89. The summed E-state index contributed by atoms with van der Waals surface area (Å²) in [4.78, 5) is 38.4. The summed E-state index contributed by atoms with van der Waals surface area (Å²) in [5, 5.41) is 12.9. The molecule has 10 unspecified atom stereocenters. The number of carboxylic acid groups (broad SMARTS) is 1. The molecule has 0 aromatic heterocycles. The minimum atomic E-state index is -1.14. The molecule has 5 aliphatic rings. The number of fused-ring (bicyclic) bond motifs is 7. The van der Waals surface area contributed by atoms with E-state index < -0.39 is 17.4 Å². The number of carbonyl (C=O) groups is 3. The number of esters is 1. The van der Waals surface area contributed by atoms with Gasteiger partial charge in [0, 0.05) is 11.8 Å². The average molecular weight is 670 g/mol. The van der Waals surface area contributed by atoms with Gasteiger partial charge in [-0.05, 0) is 150 Å². The van der Waals surface area contributed by atoms with Crippen molar-refractivity contribution < 1.29 is 30.0 Å². The maximum atomic E-state index is 13.7. The van der Waals surface area contributed by atoms with Crippen LogP contribution in [-0.4, -0.2) is 41.1 Å². The smallest absolute Gasteiger partial charge is 0.309 e. The number of nitrogens with one attached hydrogen (secondary N) is 1. The highest BCUT2D eigenvalue weighted by atomic mass is 16.5. The van der Waals surface area contributed by atoms with Crippen molar-refractivity contribution in [3.05, 3.63) is 12.2 Å². The molecule has 5 fully saturated rings. The number of allylic oxidation sites excluding steroid dienone is 1. The Morgan fingerprint density at radius 2 is 1.54 bits per heavy atom. The minimum absolute atomic E-state index is 0.0402. The van der Waals surface area contributed by atoms with Crippen LogP contribution < -0.4 is 11.1 Å². The number of hydrogen-bond donors (Lipinski definition) is 3. The van der Waals surface area contributed by atoms with Gasteiger partial charge in [0.05, 0.1) is 23.9 Å². The fraction of sp³-hybridized carbons (Fsp3) is 0.878. The summed E-state index contributed by atoms with van der Waals surface area (Å²) in [6, 6.07) is 0. The summed E-state index contributed by atoms with van der Waals surface area (Å²) >= 11 is 0. The van der Waals surface area contributed by atoms with Crippen LogP contribution in [0.3, 0.4) is 0 Å². The van der Waals surface area contributed by atoms with Crippen LogP contribution in [-0.2, 0) is 19.1 Å². The molecule has 272 valence electrons. The van der Waals surface area contributed by atoms with E-state index in [-0.39, 0.29) is 51.0 Å². The van der Waals surface area contributed by atoms with E-state index in [0.29, 0.717) is 42.6 Å². The van der Waals surface area contributed by atoms with Crippen molar-refractivity contribution in [3.63, 3.8) is 0 Å². The van der Waals surface area contributed by atoms with Crippen LogP contribution in [0.2, 0.25) is 0 Å². The number of carboxylic acids is 1. The number of ether oxygens (including phenoxy) is 1. The first-order chi connectivity index (χ1) is 22.0. The summed E-state index contributed by atoms with van der Waals surface area (Å²) < 4.78 is 6.17. The van der Waals surface area contributed by atoms with Crippen LogP contribution in [0.1, 0.15) is 146 Å². The Bertz CT molecular complexity index is 1320. The van der Waals surface area contributed by atoms with E-state index in [2.05, 4.69) is 73.0 Å². The second kappa shape index (κ2) is 12.1. The van der Waals surface area contributed by atoms with Crippen molar-refractivity contribution in [2.24, 2.45) is 62.1 Å². The summed E-state index contributed by atoms with van der Waals surface area (Å²) in [6.07, 6.45) is 11.5. The SMILES string of the molecule is C=C(C)C1CCC2(CC(=O)NC(C)(C)C[NH3+])CCC3(C)C(CCC4C5(C)CCC(OC(=O)CC(C)(C)C(=O)O)C(C)(C)C5CCC43C)C12. The third kappa shape index (κ3) is 5.78. The van der Waals surface area contributed by atoms with E-state index in [1.165, 1.54) is 31.3 Å². The van der Waals surface area contributed by atoms with Crippen molar-refractivity contribution >= 4 is 17.8 Å². The van der Waals surface area contributed by atoms with E-state index in [4.69, 9.17) is 4.74 Å². The van der Waals surface area contributed by atoms with Gasteiger partial charge < -0.3 is 20.9 Å². The molecule has 10 atom stereocenters. The number of hydrogen-bond acceptors (Lipinski definition) is 4. The Kier molecular flexibility index (Phi) is 9.43. The quantitative estimate of drug-likeness (QED) is 0.173. The van der Waals surface area contributed by atoms with E-state index in [0.717, 1.165) is 38.5 Å². The van der Waals surface area contributed by atoms with Gasteiger partial charge in [0.25, 0.3) is 0 Å². The van der Waals surface area contributed by atoms with Gasteiger partial charge in [0.15, 0.2) is 0 Å². The van der Waals surface area contributed by atoms with Crippen LogP contribution in [0.25, 0.3) is 0 Å². The van der Waals surface area contributed by atoms with E-state index in [1.807, 2.05) is 0 Å². The zero-order valence-corrected chi connectivity index (χ0v) is 32.2. The molecule has 5 rings (SSSR count). The zero-order chi connectivity index (χ0) is 35.9. The summed E-state index contributed by atoms with van der Waals surface area (Å²) in [6.45, 7) is 27.2. The lowest BCUT2D eigenvalue weighted by Crippen LogP contribution is -2.67. The molecule has 0 heterocycles. The summed E-state index contributed by atoms with van der Waals surface area (Å²) in [7, 11) is 0. The Morgan fingerprint density at radius 1 is 0.875 bits per heavy atom. The van der Waals surface area contributed by atoms with Crippen molar-refractivity contribution in [3.8, 4) is 0 Å². The Balaban J connectivity index is 1.41. The molecule has 0 aromatic carbocycles. The molecule has 1 amide bonds. The summed E-state index contributed by atoms with van der Waals surface area (Å²) in [5.41, 5.74) is 4.32. The lowest BCUT2D eigenvalue weighted by Gasteiger charge is -2.73. The Labute approximate surface area is 291 Å². The molecular formula is C41H69N2O5+. The number of rotatable bonds is 9. The van der Waals surface area contributed by atoms with Gasteiger partial charge in [-0.15, -0.1) is 0 Å². The molecule has 0 aliphatic heterocycles. The molecule has 5 aliphatic carbocycles. The molecule has 0 saturated heterocycles. The number of quaternary nitrogens is 1. The topological polar surface area (TPSA) is 120 Å². The first kappa shape index (κ1) is 37.4. The lowest BCUT2D eigenvalue weighted by atomic mass is 9.32. The first-order valence-electron chi connectivity index (χ1n) is 19.2. The Morgan fingerprint density at radius 3 is 2.15 bits per heavy atom. The third-order valence-corrected chi connectivity index (χ3v) is 16.2. The van der Waals surface area contributed by atoms with E-state index in [9.17, 15) is 19.5 Å². The fourth-order valence-electron chi connectivity index (χ4n) is 13.2. The molecular weight excluding hydrogens is 600 g/mol. The molecule has 48 heavy (non-hydrogen) atoms. The maximum absolute atomic E-state index is 13.7. The largest absolute Gasteiger partial charge is 0.481 e. The van der Waals surface area contributed by atoms with Crippen molar-refractivity contribution in [2.75, 3.05) is 6.54 Å². The standard InChI is InChI=1S/C41H68N2O5/c1-25(2)26-14-19-41(22-31(44)43-36(5,6)24-42)21-20-39(10)27(33(26)41)12-13-29-38(9)17-16-30(48-32(45)23-35(3,4)34(46)47)37(7,8)28(38)15-18-40(29,39)11/h26-30,33H,1,12-24,42H2,2-11H3,(H,43,44)(H,46,47)/p+1. The van der Waals surface area contributed by atoms with Gasteiger partial charge in [-0.1, -0.05) is 46.8 Å². The van der Waals surface area contributed by atoms with Gasteiger partial charge in [-0.3, -0.25) is 14.4 Å². The highest BCUT2D eigenvalue weighted by Crippen LogP contribution is 2.78. The second-order valence-corrected chi connectivity index (χ2v) is 20.1. The molecule has 0 spiro atoms. The maximum Gasteiger partial charge on any atom is 0.309 e. The highest BCUT2D eigenvalue weighted by Gasteiger charge is 2.71. The second-order valence-electron chi connectivity index (χ2n) is 20.1. The third-order valence-electron chi connectivity index (χ3n) is 16.2. The van der Waals surface area contributed by atoms with Crippen LogP contribution in [0.4, 0.5) is 0 Å². The van der Waals surface area contributed by atoms with Gasteiger partial charge >= 0.3 is 11.9 Å². The number of carbonyl (C=O) groups excluding carboxylic acids is 2. The molecule has 5 saturated carbocycles. The predicted molar refractivity (Wildman–Crippen MR) is 189 cm³/mol. The lowest BCUT2D eigenvalue weighted by molar-refractivity contribution is -0.380. The van der Waals surface area contributed by atoms with Crippen LogP contribution in [0, 0.1) is 62.1 Å². The predicted octanol–water partition coefficient (Wildman–Crippen LogP) is 7.58. The highest BCUT2D eigenvalue weighted by molar-refractivity contribution is 5.81. The van der Waals surface area contributed by atoms with Gasteiger partial charge in [-0.25, -0.2) is 0 Å². The van der Waals surface area contributed by atoms with Gasteiger partial charge in [-0.2, -0.15) is 0 Å². The molecule has 0 bridgehead atoms. The average Bonchev–Trinajstić information content (AvgIpc) is 3.33. The summed E-state index contributed by atoms with van der Waals surface area (Å²) in [5.74, 6) is 1.39. The van der Waals surface area contributed by atoms with Gasteiger partial charge in [0.2, 0.25) is 5.91 Å². The van der Waals surface area contributed by atoms with Crippen LogP contribution in [0.5, 0.6) is 0 Å². The zero-order valence-electron chi connectivity index (χ0n) is 32.2. The number of amides is 1. The van der Waals surface area contributed by atoms with Gasteiger partial charge in [0.1, 0.15) is 6.10 Å². The van der Waals surface area contributed by atoms with Crippen molar-refractivity contribution in [1.82, 2.24) is 5.32 Å². The fourth-order valence-corrected chi connectivity index (χ4v) is 13.2. The van der Waals surface area contributed by atoms with Crippen molar-refractivity contribution in [2.45, 2.75) is 158 Å². The monoisotopic (exact) mass is 670 g/mol. The van der Waals surface area contributed by atoms with E-state index in [1.54, 1.807) is 13.8 Å². The van der Waals surface area contributed by atoms with E-state index >= 15 is 0 Å². The first-order valence-corrected chi connectivity index (χ1v) is 19.2. The number of aliphatic carboxylic acids is 1. The van der Waals surface area contributed by atoms with Crippen molar-refractivity contribution in [1.29, 1.82) is 0 Å². The molecule has 0 radical (unpaired) electrons.